The Balaban J connectivity index is 1.69. The van der Waals surface area contributed by atoms with Crippen molar-refractivity contribution in [2.75, 3.05) is 0 Å². The van der Waals surface area contributed by atoms with Crippen LogP contribution in [0.5, 0.6) is 5.75 Å². The second kappa shape index (κ2) is 10.6. The van der Waals surface area contributed by atoms with Gasteiger partial charge in [0.15, 0.2) is 17.2 Å². The van der Waals surface area contributed by atoms with Crippen LogP contribution in [0.25, 0.3) is 5.76 Å². The van der Waals surface area contributed by atoms with Gasteiger partial charge >= 0.3 is 0 Å². The highest BCUT2D eigenvalue weighted by Gasteiger charge is 2.72. The SMILES string of the molecule is CC(=O)C1=C(O)[C@]2(O)C(=O)C3=C(O)c4c(O)c(CCCC5=CC=CC5C)cc(C(C)C)c4C[C@]3(C)C[C@]2(C)C(C(C)C)C1=O. The number of phenols is 1. The Morgan fingerprint density at radius 3 is 2.27 bits per heavy atom. The molecule has 0 aliphatic heterocycles. The first kappa shape index (κ1) is 32.0. The first-order chi connectivity index (χ1) is 20.4. The number of aliphatic hydroxyl groups is 3. The van der Waals surface area contributed by atoms with Crippen LogP contribution in [0.3, 0.4) is 0 Å². The number of rotatable bonds is 7. The first-order valence-corrected chi connectivity index (χ1v) is 15.9. The normalized spacial score (nSPS) is 31.5. The van der Waals surface area contributed by atoms with Gasteiger partial charge in [-0.05, 0) is 73.5 Å². The minimum Gasteiger partial charge on any atom is -0.508 e. The summed E-state index contributed by atoms with van der Waals surface area (Å²) in [6.45, 7) is 14.5. The fourth-order valence-corrected chi connectivity index (χ4v) is 8.99. The molecule has 1 fully saturated rings. The van der Waals surface area contributed by atoms with Crippen molar-refractivity contribution in [1.29, 1.82) is 0 Å². The Kier molecular flexibility index (Phi) is 7.68. The van der Waals surface area contributed by atoms with Crippen molar-refractivity contribution < 1.29 is 34.8 Å². The van der Waals surface area contributed by atoms with E-state index in [0.29, 0.717) is 24.3 Å². The Bertz CT molecular complexity index is 1600. The summed E-state index contributed by atoms with van der Waals surface area (Å²) in [6, 6.07) is 2.02. The fourth-order valence-electron chi connectivity index (χ4n) is 8.99. The Morgan fingerprint density at radius 1 is 1.07 bits per heavy atom. The number of allylic oxidation sites excluding steroid dienone is 5. The zero-order valence-corrected chi connectivity index (χ0v) is 27.2. The van der Waals surface area contributed by atoms with Gasteiger partial charge in [-0.15, -0.1) is 0 Å². The maximum absolute atomic E-state index is 14.6. The molecule has 0 spiro atoms. The van der Waals surface area contributed by atoms with Gasteiger partial charge in [-0.2, -0.15) is 0 Å². The number of hydrogen-bond acceptors (Lipinski definition) is 7. The average molecular weight is 603 g/mol. The molecule has 4 aliphatic rings. The largest absolute Gasteiger partial charge is 0.508 e. The van der Waals surface area contributed by atoms with Gasteiger partial charge in [0.25, 0.3) is 0 Å². The van der Waals surface area contributed by atoms with Crippen LogP contribution in [0.2, 0.25) is 0 Å². The van der Waals surface area contributed by atoms with Crippen molar-refractivity contribution in [1.82, 2.24) is 0 Å². The van der Waals surface area contributed by atoms with Crippen molar-refractivity contribution in [3.63, 3.8) is 0 Å². The lowest BCUT2D eigenvalue weighted by Crippen LogP contribution is -2.69. The predicted molar refractivity (Wildman–Crippen MR) is 169 cm³/mol. The number of carbonyl (C=O) groups excluding carboxylic acids is 3. The summed E-state index contributed by atoms with van der Waals surface area (Å²) in [6.07, 6.45) is 8.97. The third-order valence-corrected chi connectivity index (χ3v) is 10.9. The van der Waals surface area contributed by atoms with Gasteiger partial charge < -0.3 is 20.4 Å². The molecular formula is C37H46O7. The van der Waals surface area contributed by atoms with E-state index < -0.39 is 56.8 Å². The second-order valence-corrected chi connectivity index (χ2v) is 14.7. The fraction of sp³-hybridized carbons (Fsp3) is 0.541. The molecule has 0 aromatic heterocycles. The van der Waals surface area contributed by atoms with Crippen molar-refractivity contribution in [3.05, 3.63) is 69.0 Å². The molecule has 236 valence electrons. The van der Waals surface area contributed by atoms with Gasteiger partial charge in [0.05, 0.1) is 5.56 Å². The monoisotopic (exact) mass is 602 g/mol. The van der Waals surface area contributed by atoms with E-state index in [9.17, 15) is 34.8 Å². The lowest BCUT2D eigenvalue weighted by molar-refractivity contribution is -0.178. The van der Waals surface area contributed by atoms with Gasteiger partial charge in [0.1, 0.15) is 22.8 Å². The van der Waals surface area contributed by atoms with Crippen molar-refractivity contribution in [3.8, 4) is 5.75 Å². The highest BCUT2D eigenvalue weighted by atomic mass is 16.3. The van der Waals surface area contributed by atoms with E-state index in [1.807, 2.05) is 13.0 Å². The molecule has 7 heteroatoms. The van der Waals surface area contributed by atoms with Crippen molar-refractivity contribution in [2.45, 2.75) is 99.0 Å². The van der Waals surface area contributed by atoms with E-state index in [-0.39, 0.29) is 35.1 Å². The highest BCUT2D eigenvalue weighted by molar-refractivity contribution is 6.24. The highest BCUT2D eigenvalue weighted by Crippen LogP contribution is 2.65. The van der Waals surface area contributed by atoms with E-state index in [2.05, 4.69) is 39.0 Å². The molecule has 44 heavy (non-hydrogen) atoms. The van der Waals surface area contributed by atoms with Gasteiger partial charge in [-0.1, -0.05) is 78.3 Å². The number of carbonyl (C=O) groups is 3. The molecular weight excluding hydrogens is 556 g/mol. The molecule has 0 amide bonds. The molecule has 1 aromatic carbocycles. The summed E-state index contributed by atoms with van der Waals surface area (Å²) in [4.78, 5) is 40.9. The summed E-state index contributed by atoms with van der Waals surface area (Å²) in [7, 11) is 0. The molecule has 1 aromatic rings. The van der Waals surface area contributed by atoms with Crippen LogP contribution < -0.4 is 0 Å². The van der Waals surface area contributed by atoms with Crippen molar-refractivity contribution in [2.24, 2.45) is 28.6 Å². The number of aromatic hydroxyl groups is 1. The predicted octanol–water partition coefficient (Wildman–Crippen LogP) is 6.77. The molecule has 0 radical (unpaired) electrons. The molecule has 4 N–H and O–H groups in total. The smallest absolute Gasteiger partial charge is 0.203 e. The van der Waals surface area contributed by atoms with E-state index >= 15 is 0 Å². The maximum Gasteiger partial charge on any atom is 0.203 e. The Labute approximate surface area is 260 Å². The number of Topliss-reactive ketones (excluding diaryl/α,β-unsaturated/α-hetero) is 3. The number of ketones is 3. The van der Waals surface area contributed by atoms with Crippen LogP contribution in [0.1, 0.15) is 103 Å². The molecule has 7 nitrogen and oxygen atoms in total. The minimum atomic E-state index is -2.61. The quantitative estimate of drug-likeness (QED) is 0.253. The molecule has 2 unspecified atom stereocenters. The lowest BCUT2D eigenvalue weighted by atomic mass is 9.43. The summed E-state index contributed by atoms with van der Waals surface area (Å²) in [5.74, 6) is -4.53. The van der Waals surface area contributed by atoms with Crippen LogP contribution in [0, 0.1) is 28.6 Å². The lowest BCUT2D eigenvalue weighted by Gasteiger charge is -2.60. The average Bonchev–Trinajstić information content (AvgIpc) is 3.31. The van der Waals surface area contributed by atoms with Crippen LogP contribution in [-0.4, -0.2) is 43.4 Å². The van der Waals surface area contributed by atoms with E-state index in [1.54, 1.807) is 20.8 Å². The molecule has 0 bridgehead atoms. The summed E-state index contributed by atoms with van der Waals surface area (Å²) < 4.78 is 0. The maximum atomic E-state index is 14.6. The Hall–Kier alpha value is -3.45. The van der Waals surface area contributed by atoms with Crippen LogP contribution >= 0.6 is 0 Å². The zero-order chi connectivity index (χ0) is 32.7. The van der Waals surface area contributed by atoms with E-state index in [1.165, 1.54) is 5.57 Å². The number of aliphatic hydroxyl groups excluding tert-OH is 2. The third kappa shape index (κ3) is 4.29. The standard InChI is InChI=1S/C37H46O7/c1-18(2)24-15-23(14-10-13-22-12-9-11-20(22)5)30(39)27-25(24)16-35(7)17-36(8)28(19(3)4)31(40)26(21(6)38)33(42)37(36,44)34(43)29(35)32(27)41/h9,11-12,15,18-20,28,39,41-42,44H,10,13-14,16-17H2,1-8H3/t20?,28?,35-,36-,37+/m1/s1. The van der Waals surface area contributed by atoms with E-state index in [0.717, 1.165) is 30.9 Å². The summed E-state index contributed by atoms with van der Waals surface area (Å²) in [5.41, 5.74) is -1.83. The zero-order valence-electron chi connectivity index (χ0n) is 27.2. The molecule has 4 aliphatic carbocycles. The Morgan fingerprint density at radius 2 is 1.73 bits per heavy atom. The number of benzene rings is 1. The number of phenolic OH excluding ortho intramolecular Hbond substituents is 1. The van der Waals surface area contributed by atoms with E-state index in [4.69, 9.17) is 0 Å². The van der Waals surface area contributed by atoms with Crippen LogP contribution in [0.15, 0.2) is 46.8 Å². The van der Waals surface area contributed by atoms with Gasteiger partial charge in [0, 0.05) is 22.3 Å². The first-order valence-electron chi connectivity index (χ1n) is 15.9. The number of hydrogen-bond donors (Lipinski definition) is 4. The molecule has 5 rings (SSSR count). The minimum absolute atomic E-state index is 0.0550. The molecule has 0 heterocycles. The summed E-state index contributed by atoms with van der Waals surface area (Å²) in [5, 5.41) is 47.3. The van der Waals surface area contributed by atoms with Crippen LogP contribution in [-0.2, 0) is 27.2 Å². The summed E-state index contributed by atoms with van der Waals surface area (Å²) >= 11 is 0. The molecule has 5 atom stereocenters. The molecule has 1 saturated carbocycles. The third-order valence-electron chi connectivity index (χ3n) is 10.9. The van der Waals surface area contributed by atoms with Gasteiger partial charge in [-0.25, -0.2) is 0 Å². The van der Waals surface area contributed by atoms with Gasteiger partial charge in [0.2, 0.25) is 5.78 Å². The number of aryl methyl sites for hydroxylation is 1. The van der Waals surface area contributed by atoms with Gasteiger partial charge in [-0.3, -0.25) is 14.4 Å². The second-order valence-electron chi connectivity index (χ2n) is 14.7. The molecule has 0 saturated heterocycles. The van der Waals surface area contributed by atoms with Crippen molar-refractivity contribution >= 4 is 23.1 Å². The topological polar surface area (TPSA) is 132 Å². The number of fused-ring (bicyclic) bond motifs is 3. The van der Waals surface area contributed by atoms with Crippen LogP contribution in [0.4, 0.5) is 0 Å².